The van der Waals surface area contributed by atoms with Crippen molar-refractivity contribution in [1.29, 1.82) is 0 Å². The van der Waals surface area contributed by atoms with Gasteiger partial charge in [-0.05, 0) is 38.0 Å². The zero-order chi connectivity index (χ0) is 19.9. The molecule has 6 heteroatoms. The van der Waals surface area contributed by atoms with E-state index in [0.717, 1.165) is 33.8 Å². The van der Waals surface area contributed by atoms with E-state index in [1.165, 1.54) is 0 Å². The number of aryl methyl sites for hydroxylation is 2. The Bertz CT molecular complexity index is 947. The van der Waals surface area contributed by atoms with E-state index in [1.807, 2.05) is 38.1 Å². The van der Waals surface area contributed by atoms with Crippen molar-refractivity contribution in [1.82, 2.24) is 15.6 Å². The number of nitrogens with one attached hydrogen (secondary N) is 2. The van der Waals surface area contributed by atoms with Crippen molar-refractivity contribution in [3.8, 4) is 11.3 Å². The fourth-order valence-corrected chi connectivity index (χ4v) is 3.34. The van der Waals surface area contributed by atoms with Crippen molar-refractivity contribution in [3.63, 3.8) is 0 Å². The minimum atomic E-state index is -0.247. The fourth-order valence-electron chi connectivity index (χ4n) is 2.71. The fraction of sp³-hybridized carbons (Fsp3) is 0.227. The summed E-state index contributed by atoms with van der Waals surface area (Å²) in [6.45, 7) is 4.44. The van der Waals surface area contributed by atoms with Gasteiger partial charge in [0.05, 0.1) is 17.2 Å². The molecule has 1 heterocycles. The average molecular weight is 394 g/mol. The van der Waals surface area contributed by atoms with Gasteiger partial charge in [-0.3, -0.25) is 9.59 Å². The quantitative estimate of drug-likeness (QED) is 0.645. The molecule has 0 fully saturated rings. The number of amides is 2. The smallest absolute Gasteiger partial charge is 0.251 e. The summed E-state index contributed by atoms with van der Waals surface area (Å²) >= 11 is 1.64. The van der Waals surface area contributed by atoms with Crippen LogP contribution in [0.5, 0.6) is 0 Å². The normalized spacial score (nSPS) is 10.5. The van der Waals surface area contributed by atoms with Crippen molar-refractivity contribution in [2.45, 2.75) is 20.3 Å². The lowest BCUT2D eigenvalue weighted by Gasteiger charge is -2.08. The van der Waals surface area contributed by atoms with Crippen LogP contribution in [0.3, 0.4) is 0 Å². The second-order valence-corrected chi connectivity index (χ2v) is 7.66. The average Bonchev–Trinajstić information content (AvgIpc) is 3.13. The first kappa shape index (κ1) is 19.8. The molecule has 0 unspecified atom stereocenters. The molecule has 0 spiro atoms. The van der Waals surface area contributed by atoms with Crippen molar-refractivity contribution < 1.29 is 9.59 Å². The van der Waals surface area contributed by atoms with Crippen molar-refractivity contribution in [2.24, 2.45) is 0 Å². The van der Waals surface area contributed by atoms with Gasteiger partial charge in [0, 0.05) is 23.1 Å². The van der Waals surface area contributed by atoms with Crippen LogP contribution in [0.25, 0.3) is 11.3 Å². The number of hydrogen-bond donors (Lipinski definition) is 2. The number of thiazole rings is 1. The molecule has 144 valence electrons. The first-order valence-corrected chi connectivity index (χ1v) is 10.0. The Labute approximate surface area is 168 Å². The second kappa shape index (κ2) is 9.28. The number of rotatable bonds is 7. The largest absolute Gasteiger partial charge is 0.354 e. The van der Waals surface area contributed by atoms with E-state index in [-0.39, 0.29) is 18.4 Å². The standard InChI is InChI=1S/C22H23N3O2S/c1-15-3-7-19(8-4-15)22(27)24-13-21(26)23-12-11-17-5-9-18(10-6-17)20-14-28-16(2)25-20/h3-10,14H,11-13H2,1-2H3,(H,23,26)(H,24,27). The Morgan fingerprint density at radius 3 is 2.32 bits per heavy atom. The summed E-state index contributed by atoms with van der Waals surface area (Å²) in [5, 5.41) is 8.57. The van der Waals surface area contributed by atoms with Gasteiger partial charge >= 0.3 is 0 Å². The monoisotopic (exact) mass is 393 g/mol. The summed E-state index contributed by atoms with van der Waals surface area (Å²) in [5.41, 5.74) is 4.86. The van der Waals surface area contributed by atoms with Crippen LogP contribution in [0.2, 0.25) is 0 Å². The van der Waals surface area contributed by atoms with Crippen LogP contribution in [0, 0.1) is 13.8 Å². The van der Waals surface area contributed by atoms with Crippen LogP contribution in [0.1, 0.15) is 26.5 Å². The molecule has 3 rings (SSSR count). The topological polar surface area (TPSA) is 71.1 Å². The second-order valence-electron chi connectivity index (χ2n) is 6.60. The molecule has 0 radical (unpaired) electrons. The third-order valence-electron chi connectivity index (χ3n) is 4.33. The van der Waals surface area contributed by atoms with Crippen LogP contribution in [0.4, 0.5) is 0 Å². The van der Waals surface area contributed by atoms with Gasteiger partial charge in [-0.1, -0.05) is 42.0 Å². The highest BCUT2D eigenvalue weighted by atomic mass is 32.1. The van der Waals surface area contributed by atoms with E-state index in [0.29, 0.717) is 12.1 Å². The third kappa shape index (κ3) is 5.50. The molecule has 28 heavy (non-hydrogen) atoms. The molecule has 0 aliphatic rings. The first-order valence-electron chi connectivity index (χ1n) is 9.14. The van der Waals surface area contributed by atoms with Crippen LogP contribution < -0.4 is 10.6 Å². The minimum Gasteiger partial charge on any atom is -0.354 e. The lowest BCUT2D eigenvalue weighted by atomic mass is 10.1. The summed E-state index contributed by atoms with van der Waals surface area (Å²) in [7, 11) is 0. The predicted octanol–water partition coefficient (Wildman–Crippen LogP) is 3.52. The SMILES string of the molecule is Cc1ccc(C(=O)NCC(=O)NCCc2ccc(-c3csc(C)n3)cc2)cc1. The molecule has 0 aliphatic carbocycles. The molecule has 0 saturated heterocycles. The Kier molecular flexibility index (Phi) is 6.55. The molecule has 2 aromatic carbocycles. The molecule has 2 amide bonds. The van der Waals surface area contributed by atoms with Gasteiger partial charge < -0.3 is 10.6 Å². The molecule has 0 bridgehead atoms. The third-order valence-corrected chi connectivity index (χ3v) is 5.10. The number of aromatic nitrogens is 1. The van der Waals surface area contributed by atoms with Crippen molar-refractivity contribution in [3.05, 3.63) is 75.6 Å². The number of hydrogen-bond acceptors (Lipinski definition) is 4. The highest BCUT2D eigenvalue weighted by Gasteiger charge is 2.08. The Morgan fingerprint density at radius 1 is 0.964 bits per heavy atom. The van der Waals surface area contributed by atoms with Crippen molar-refractivity contribution >= 4 is 23.2 Å². The van der Waals surface area contributed by atoms with E-state index in [4.69, 9.17) is 0 Å². The van der Waals surface area contributed by atoms with Gasteiger partial charge in [-0.2, -0.15) is 0 Å². The molecule has 5 nitrogen and oxygen atoms in total. The highest BCUT2D eigenvalue weighted by Crippen LogP contribution is 2.21. The molecular formula is C22H23N3O2S. The van der Waals surface area contributed by atoms with E-state index >= 15 is 0 Å². The van der Waals surface area contributed by atoms with Crippen LogP contribution in [0.15, 0.2) is 53.9 Å². The van der Waals surface area contributed by atoms with Crippen LogP contribution >= 0.6 is 11.3 Å². The number of nitrogens with zero attached hydrogens (tertiary/aromatic N) is 1. The summed E-state index contributed by atoms with van der Waals surface area (Å²) in [6, 6.07) is 15.4. The van der Waals surface area contributed by atoms with Crippen LogP contribution in [-0.2, 0) is 11.2 Å². The van der Waals surface area contributed by atoms with Gasteiger partial charge in [0.1, 0.15) is 0 Å². The highest BCUT2D eigenvalue weighted by molar-refractivity contribution is 7.09. The molecular weight excluding hydrogens is 370 g/mol. The Balaban J connectivity index is 1.40. The maximum atomic E-state index is 12.0. The molecule has 2 N–H and O–H groups in total. The van der Waals surface area contributed by atoms with Gasteiger partial charge in [0.2, 0.25) is 5.91 Å². The summed E-state index contributed by atoms with van der Waals surface area (Å²) in [5.74, 6) is -0.446. The van der Waals surface area contributed by atoms with E-state index < -0.39 is 0 Å². The number of carbonyl (C=O) groups excluding carboxylic acids is 2. The minimum absolute atomic E-state index is 0.0329. The zero-order valence-corrected chi connectivity index (χ0v) is 16.8. The molecule has 0 aliphatic heterocycles. The van der Waals surface area contributed by atoms with Gasteiger partial charge in [0.15, 0.2) is 0 Å². The van der Waals surface area contributed by atoms with Crippen LogP contribution in [-0.4, -0.2) is 29.9 Å². The molecule has 3 aromatic rings. The summed E-state index contributed by atoms with van der Waals surface area (Å²) in [6.07, 6.45) is 0.730. The van der Waals surface area contributed by atoms with Gasteiger partial charge in [0.25, 0.3) is 5.91 Å². The maximum Gasteiger partial charge on any atom is 0.251 e. The summed E-state index contributed by atoms with van der Waals surface area (Å²) < 4.78 is 0. The van der Waals surface area contributed by atoms with E-state index in [1.54, 1.807) is 23.5 Å². The summed E-state index contributed by atoms with van der Waals surface area (Å²) in [4.78, 5) is 28.4. The predicted molar refractivity (Wildman–Crippen MR) is 113 cm³/mol. The Hall–Kier alpha value is -2.99. The lowest BCUT2D eigenvalue weighted by molar-refractivity contribution is -0.120. The number of carbonyl (C=O) groups is 2. The molecule has 0 atom stereocenters. The number of benzene rings is 2. The van der Waals surface area contributed by atoms with Crippen molar-refractivity contribution in [2.75, 3.05) is 13.1 Å². The maximum absolute atomic E-state index is 12.0. The van der Waals surface area contributed by atoms with Gasteiger partial charge in [-0.25, -0.2) is 4.98 Å². The molecule has 0 saturated carbocycles. The van der Waals surface area contributed by atoms with E-state index in [2.05, 4.69) is 33.1 Å². The lowest BCUT2D eigenvalue weighted by Crippen LogP contribution is -2.37. The Morgan fingerprint density at radius 2 is 1.68 bits per heavy atom. The zero-order valence-electron chi connectivity index (χ0n) is 16.0. The van der Waals surface area contributed by atoms with E-state index in [9.17, 15) is 9.59 Å². The first-order chi connectivity index (χ1) is 13.5. The molecule has 1 aromatic heterocycles. The van der Waals surface area contributed by atoms with Gasteiger partial charge in [-0.15, -0.1) is 11.3 Å².